The van der Waals surface area contributed by atoms with Crippen LogP contribution < -0.4 is 11.1 Å². The Labute approximate surface area is 336 Å². The minimum Gasteiger partial charge on any atom is -0.481 e. The molecule has 1 saturated heterocycles. The molecule has 0 aromatic heterocycles. The fraction of sp³-hybridized carbons (Fsp3) is 0.744. The van der Waals surface area contributed by atoms with Gasteiger partial charge in [0.2, 0.25) is 17.7 Å². The Kier molecular flexibility index (Phi) is 20.1. The number of nitrogens with one attached hydrogen (secondary N) is 1. The third-order valence-electron chi connectivity index (χ3n) is 11.7. The predicted octanol–water partition coefficient (Wildman–Crippen LogP) is 4.25. The van der Waals surface area contributed by atoms with E-state index in [1.165, 1.54) is 7.11 Å². The number of hydrogen-bond donors (Lipinski definition) is 3. The summed E-state index contributed by atoms with van der Waals surface area (Å²) in [6, 6.07) is 6.95. The minimum atomic E-state index is -1.03. The van der Waals surface area contributed by atoms with Gasteiger partial charge >= 0.3 is 5.97 Å². The highest BCUT2D eigenvalue weighted by Gasteiger charge is 2.43. The first-order chi connectivity index (χ1) is 26.3. The standard InChI is InChI=1S/C43H73N5O8/c1-13-28(6)39(47(10)42(52)37(26(2)3)45-41(51)38(27(4)5)46(9)25-29(7)44)35(55-11)24-36(50)48-21-17-20-33(48)40(56-12)30(8)34(49)23-32(43(53)54)22-31-18-15-14-16-19-31/h14-16,18-19,26-30,32-33,35,37-40H,13,17,20-25,44H2,1-12H3,(H,45,51)(H,53,54)/t28-,29+,30-,32+,33-,35+,37-,38-,39-,40+/m0/s1. The van der Waals surface area contributed by atoms with Crippen molar-refractivity contribution in [1.82, 2.24) is 20.0 Å². The molecule has 3 amide bonds. The number of benzene rings is 1. The molecule has 1 fully saturated rings. The number of Topliss-reactive ketones (excluding diaryl/α,β-unsaturated/α-hetero) is 1. The fourth-order valence-corrected chi connectivity index (χ4v) is 8.47. The number of hydrogen-bond acceptors (Lipinski definition) is 9. The topological polar surface area (TPSA) is 172 Å². The van der Waals surface area contributed by atoms with Crippen molar-refractivity contribution in [2.24, 2.45) is 35.3 Å². The number of carboxylic acids is 1. The van der Waals surface area contributed by atoms with Crippen molar-refractivity contribution >= 4 is 29.5 Å². The van der Waals surface area contributed by atoms with Crippen molar-refractivity contribution in [3.05, 3.63) is 35.9 Å². The molecular weight excluding hydrogens is 714 g/mol. The van der Waals surface area contributed by atoms with E-state index in [-0.39, 0.29) is 66.6 Å². The molecule has 56 heavy (non-hydrogen) atoms. The Morgan fingerprint density at radius 2 is 1.57 bits per heavy atom. The van der Waals surface area contributed by atoms with E-state index in [1.807, 2.05) is 90.7 Å². The van der Waals surface area contributed by atoms with Crippen molar-refractivity contribution < 1.29 is 38.6 Å². The third-order valence-corrected chi connectivity index (χ3v) is 11.7. The Morgan fingerprint density at radius 1 is 0.946 bits per heavy atom. The maximum Gasteiger partial charge on any atom is 0.307 e. The quantitative estimate of drug-likeness (QED) is 0.138. The minimum absolute atomic E-state index is 0.00719. The van der Waals surface area contributed by atoms with Gasteiger partial charge in [0.1, 0.15) is 11.8 Å². The lowest BCUT2D eigenvalue weighted by molar-refractivity contribution is -0.148. The highest BCUT2D eigenvalue weighted by Crippen LogP contribution is 2.31. The first-order valence-corrected chi connectivity index (χ1v) is 20.5. The zero-order valence-corrected chi connectivity index (χ0v) is 36.2. The monoisotopic (exact) mass is 788 g/mol. The van der Waals surface area contributed by atoms with E-state index in [2.05, 4.69) is 5.32 Å². The van der Waals surface area contributed by atoms with E-state index in [0.717, 1.165) is 12.0 Å². The number of amides is 3. The van der Waals surface area contributed by atoms with Crippen molar-refractivity contribution in [3.8, 4) is 0 Å². The average molecular weight is 788 g/mol. The molecule has 0 aliphatic carbocycles. The van der Waals surface area contributed by atoms with Gasteiger partial charge in [0.25, 0.3) is 0 Å². The summed E-state index contributed by atoms with van der Waals surface area (Å²) in [7, 11) is 6.65. The number of carbonyl (C=O) groups is 5. The number of ketones is 1. The molecule has 13 heteroatoms. The molecule has 0 bridgehead atoms. The van der Waals surface area contributed by atoms with Gasteiger partial charge in [-0.05, 0) is 56.6 Å². The van der Waals surface area contributed by atoms with E-state index in [4.69, 9.17) is 15.2 Å². The Balaban J connectivity index is 2.28. The van der Waals surface area contributed by atoms with E-state index in [9.17, 15) is 29.1 Å². The Bertz CT molecular complexity index is 1410. The van der Waals surface area contributed by atoms with Crippen LogP contribution in [0.3, 0.4) is 0 Å². The molecule has 1 aromatic carbocycles. The molecule has 13 nitrogen and oxygen atoms in total. The first-order valence-electron chi connectivity index (χ1n) is 20.5. The van der Waals surface area contributed by atoms with Gasteiger partial charge in [-0.25, -0.2) is 0 Å². The summed E-state index contributed by atoms with van der Waals surface area (Å²) in [5.74, 6) is -3.75. The van der Waals surface area contributed by atoms with E-state index < -0.39 is 54.2 Å². The number of rotatable bonds is 24. The summed E-state index contributed by atoms with van der Waals surface area (Å²) >= 11 is 0. The first kappa shape index (κ1) is 48.8. The van der Waals surface area contributed by atoms with Crippen molar-refractivity contribution in [1.29, 1.82) is 0 Å². The van der Waals surface area contributed by atoms with Gasteiger partial charge < -0.3 is 35.4 Å². The van der Waals surface area contributed by atoms with Crippen molar-refractivity contribution in [3.63, 3.8) is 0 Å². The van der Waals surface area contributed by atoms with Crippen LogP contribution in [0.4, 0.5) is 0 Å². The number of methoxy groups -OCH3 is 2. The maximum absolute atomic E-state index is 14.4. The summed E-state index contributed by atoms with van der Waals surface area (Å²) in [5.41, 5.74) is 6.89. The van der Waals surface area contributed by atoms with Gasteiger partial charge in [0.05, 0.1) is 42.7 Å². The fourth-order valence-electron chi connectivity index (χ4n) is 8.47. The van der Waals surface area contributed by atoms with E-state index >= 15 is 0 Å². The molecule has 0 unspecified atom stereocenters. The van der Waals surface area contributed by atoms with Crippen LogP contribution in [0.15, 0.2) is 30.3 Å². The number of carbonyl (C=O) groups excluding carboxylic acids is 4. The van der Waals surface area contributed by atoms with Gasteiger partial charge in [-0.3, -0.25) is 28.9 Å². The molecule has 4 N–H and O–H groups in total. The molecule has 2 rings (SSSR count). The average Bonchev–Trinajstić information content (AvgIpc) is 3.62. The predicted molar refractivity (Wildman–Crippen MR) is 219 cm³/mol. The highest BCUT2D eigenvalue weighted by atomic mass is 16.5. The normalized spacial score (nSPS) is 19.5. The lowest BCUT2D eigenvalue weighted by atomic mass is 9.85. The zero-order chi connectivity index (χ0) is 42.4. The van der Waals surface area contributed by atoms with Crippen molar-refractivity contribution in [2.75, 3.05) is 41.4 Å². The van der Waals surface area contributed by atoms with Gasteiger partial charge in [0.15, 0.2) is 0 Å². The van der Waals surface area contributed by atoms with Crippen LogP contribution >= 0.6 is 0 Å². The zero-order valence-electron chi connectivity index (χ0n) is 36.2. The Morgan fingerprint density at radius 3 is 2.07 bits per heavy atom. The van der Waals surface area contributed by atoms with Crippen LogP contribution in [0, 0.1) is 29.6 Å². The number of likely N-dealkylation sites (N-methyl/N-ethyl adjacent to an activating group) is 2. The second-order valence-electron chi connectivity index (χ2n) is 16.8. The molecule has 0 spiro atoms. The second kappa shape index (κ2) is 23.1. The number of aliphatic carboxylic acids is 1. The molecule has 0 saturated carbocycles. The lowest BCUT2D eigenvalue weighted by Crippen LogP contribution is -2.60. The van der Waals surface area contributed by atoms with E-state index in [1.54, 1.807) is 30.9 Å². The van der Waals surface area contributed by atoms with Crippen LogP contribution in [-0.2, 0) is 39.9 Å². The summed E-state index contributed by atoms with van der Waals surface area (Å²) in [4.78, 5) is 73.5. The number of nitrogens with zero attached hydrogens (tertiary/aromatic N) is 3. The number of likely N-dealkylation sites (tertiary alicyclic amines) is 1. The number of carboxylic acid groups (broad SMARTS) is 1. The van der Waals surface area contributed by atoms with E-state index in [0.29, 0.717) is 25.9 Å². The highest BCUT2D eigenvalue weighted by molar-refractivity contribution is 5.90. The summed E-state index contributed by atoms with van der Waals surface area (Å²) in [5, 5.41) is 13.0. The molecular formula is C43H73N5O8. The molecule has 318 valence electrons. The van der Waals surface area contributed by atoms with Gasteiger partial charge in [-0.15, -0.1) is 0 Å². The van der Waals surface area contributed by atoms with Crippen LogP contribution in [0.1, 0.15) is 93.1 Å². The molecule has 1 heterocycles. The van der Waals surface area contributed by atoms with Crippen LogP contribution in [0.5, 0.6) is 0 Å². The number of nitrogens with two attached hydrogens (primary N) is 1. The summed E-state index contributed by atoms with van der Waals surface area (Å²) in [6.07, 6.45) is 0.860. The number of ether oxygens (including phenoxy) is 2. The Hall–Kier alpha value is -3.39. The van der Waals surface area contributed by atoms with Gasteiger partial charge in [-0.1, -0.05) is 85.2 Å². The lowest BCUT2D eigenvalue weighted by Gasteiger charge is -2.41. The third kappa shape index (κ3) is 13.3. The van der Waals surface area contributed by atoms with Crippen LogP contribution in [-0.4, -0.2) is 133 Å². The van der Waals surface area contributed by atoms with Gasteiger partial charge in [-0.2, -0.15) is 0 Å². The summed E-state index contributed by atoms with van der Waals surface area (Å²) < 4.78 is 11.9. The van der Waals surface area contributed by atoms with Crippen LogP contribution in [0.2, 0.25) is 0 Å². The maximum atomic E-state index is 14.4. The molecule has 1 aliphatic heterocycles. The molecule has 0 radical (unpaired) electrons. The SMILES string of the molecule is CC[C@H](C)[C@@H]([C@@H](CC(=O)N1CCC[C@H]1[C@H](OC)[C@@H](C)C(=O)C[C@@H](Cc1ccccc1)C(=O)O)OC)N(C)C(=O)[C@@H](NC(=O)[C@H](C(C)C)N(C)C[C@@H](C)N)C(C)C. The molecule has 1 aromatic rings. The van der Waals surface area contributed by atoms with Crippen molar-refractivity contribution in [2.45, 2.75) is 136 Å². The largest absolute Gasteiger partial charge is 0.481 e. The van der Waals surface area contributed by atoms with Crippen LogP contribution in [0.25, 0.3) is 0 Å². The van der Waals surface area contributed by atoms with Gasteiger partial charge in [0, 0.05) is 52.7 Å². The second-order valence-corrected chi connectivity index (χ2v) is 16.8. The summed E-state index contributed by atoms with van der Waals surface area (Å²) in [6.45, 7) is 16.4. The smallest absolute Gasteiger partial charge is 0.307 e. The molecule has 10 atom stereocenters. The molecule has 1 aliphatic rings.